The zero-order valence-corrected chi connectivity index (χ0v) is 7.97. The van der Waals surface area contributed by atoms with Gasteiger partial charge in [-0.1, -0.05) is 0 Å². The van der Waals surface area contributed by atoms with E-state index in [0.717, 1.165) is 26.2 Å². The van der Waals surface area contributed by atoms with Crippen molar-refractivity contribution < 1.29 is 4.74 Å². The first-order valence-corrected chi connectivity index (χ1v) is 4.73. The molecule has 0 unspecified atom stereocenters. The third kappa shape index (κ3) is 1.49. The van der Waals surface area contributed by atoms with Gasteiger partial charge in [-0.25, -0.2) is 0 Å². The van der Waals surface area contributed by atoms with Gasteiger partial charge >= 0.3 is 0 Å². The van der Waals surface area contributed by atoms with Gasteiger partial charge in [0.1, 0.15) is 0 Å². The van der Waals surface area contributed by atoms with Crippen molar-refractivity contribution in [3.8, 4) is 0 Å². The minimum absolute atomic E-state index is 0.281. The molecule has 1 saturated heterocycles. The Morgan fingerprint density at radius 3 is 2.92 bits per heavy atom. The highest BCUT2D eigenvalue weighted by Crippen LogP contribution is 2.35. The molecular formula is C10H16N2O. The van der Waals surface area contributed by atoms with Crippen LogP contribution < -0.4 is 5.32 Å². The van der Waals surface area contributed by atoms with Crippen LogP contribution >= 0.6 is 0 Å². The van der Waals surface area contributed by atoms with Crippen LogP contribution in [0.4, 0.5) is 0 Å². The molecule has 1 aromatic heterocycles. The van der Waals surface area contributed by atoms with Crippen LogP contribution in [0.3, 0.4) is 0 Å². The Kier molecular flexibility index (Phi) is 2.38. The van der Waals surface area contributed by atoms with Gasteiger partial charge in [0.15, 0.2) is 0 Å². The van der Waals surface area contributed by atoms with Gasteiger partial charge in [-0.05, 0) is 31.6 Å². The van der Waals surface area contributed by atoms with Crippen LogP contribution in [0.15, 0.2) is 18.5 Å². The first kappa shape index (κ1) is 8.78. The minimum Gasteiger partial charge on any atom is -0.379 e. The molecule has 1 aliphatic heterocycles. The van der Waals surface area contributed by atoms with E-state index in [1.165, 1.54) is 5.56 Å². The van der Waals surface area contributed by atoms with E-state index in [2.05, 4.69) is 22.6 Å². The van der Waals surface area contributed by atoms with E-state index >= 15 is 0 Å². The molecule has 2 rings (SSSR count). The molecule has 3 heteroatoms. The fourth-order valence-corrected chi connectivity index (χ4v) is 1.82. The van der Waals surface area contributed by atoms with E-state index in [9.17, 15) is 0 Å². The maximum Gasteiger partial charge on any atom is 0.0586 e. The predicted molar refractivity (Wildman–Crippen MR) is 51.8 cm³/mol. The summed E-state index contributed by atoms with van der Waals surface area (Å²) in [5.74, 6) is 0. The Morgan fingerprint density at radius 2 is 2.46 bits per heavy atom. The third-order valence-corrected chi connectivity index (χ3v) is 2.82. The summed E-state index contributed by atoms with van der Waals surface area (Å²) in [7, 11) is 1.99. The minimum atomic E-state index is 0.281. The Bertz CT molecular complexity index is 252. The van der Waals surface area contributed by atoms with E-state index in [0.29, 0.717) is 0 Å². The topological polar surface area (TPSA) is 37.0 Å². The molecule has 0 atom stereocenters. The number of H-pyrrole nitrogens is 1. The number of aromatic amines is 1. The molecule has 72 valence electrons. The maximum atomic E-state index is 5.32. The number of nitrogens with one attached hydrogen (secondary N) is 2. The number of rotatable bonds is 4. The van der Waals surface area contributed by atoms with E-state index in [1.807, 2.05) is 13.2 Å². The monoisotopic (exact) mass is 180 g/mol. The van der Waals surface area contributed by atoms with E-state index in [4.69, 9.17) is 4.74 Å². The fraction of sp³-hybridized carbons (Fsp3) is 0.600. The highest BCUT2D eigenvalue weighted by atomic mass is 16.5. The zero-order valence-electron chi connectivity index (χ0n) is 7.97. The normalized spacial score (nSPS) is 19.8. The lowest BCUT2D eigenvalue weighted by Crippen LogP contribution is -2.48. The highest BCUT2D eigenvalue weighted by Gasteiger charge is 2.39. The van der Waals surface area contributed by atoms with E-state index < -0.39 is 0 Å². The Morgan fingerprint density at radius 1 is 1.62 bits per heavy atom. The lowest BCUT2D eigenvalue weighted by Gasteiger charge is -2.41. The fourth-order valence-electron chi connectivity index (χ4n) is 1.82. The van der Waals surface area contributed by atoms with Crippen molar-refractivity contribution in [3.63, 3.8) is 0 Å². The van der Waals surface area contributed by atoms with Gasteiger partial charge in [0, 0.05) is 17.8 Å². The Hall–Kier alpha value is -0.800. The van der Waals surface area contributed by atoms with Gasteiger partial charge in [-0.15, -0.1) is 0 Å². The average Bonchev–Trinajstić information content (AvgIpc) is 2.56. The summed E-state index contributed by atoms with van der Waals surface area (Å²) in [5.41, 5.74) is 1.66. The molecule has 1 aliphatic rings. The van der Waals surface area contributed by atoms with Crippen molar-refractivity contribution >= 4 is 0 Å². The second-order valence-electron chi connectivity index (χ2n) is 3.73. The highest BCUT2D eigenvalue weighted by molar-refractivity contribution is 5.25. The molecule has 2 heterocycles. The van der Waals surface area contributed by atoms with Crippen molar-refractivity contribution in [1.82, 2.24) is 10.3 Å². The van der Waals surface area contributed by atoms with Crippen LogP contribution in [0.25, 0.3) is 0 Å². The number of hydrogen-bond acceptors (Lipinski definition) is 2. The standard InChI is InChI=1S/C10H16N2O/c1-11-5-3-10(7-13-8-10)9-2-4-12-6-9/h2,4,6,11-12H,3,5,7-8H2,1H3. The smallest absolute Gasteiger partial charge is 0.0586 e. The van der Waals surface area contributed by atoms with Gasteiger partial charge in [-0.3, -0.25) is 0 Å². The summed E-state index contributed by atoms with van der Waals surface area (Å²) >= 11 is 0. The second-order valence-corrected chi connectivity index (χ2v) is 3.73. The molecule has 0 amide bonds. The number of hydrogen-bond donors (Lipinski definition) is 2. The number of aromatic nitrogens is 1. The lowest BCUT2D eigenvalue weighted by molar-refractivity contribution is -0.0637. The summed E-state index contributed by atoms with van der Waals surface area (Å²) in [4.78, 5) is 3.10. The van der Waals surface area contributed by atoms with Crippen molar-refractivity contribution in [2.75, 3.05) is 26.8 Å². The summed E-state index contributed by atoms with van der Waals surface area (Å²) in [6.07, 6.45) is 5.22. The molecule has 0 saturated carbocycles. The van der Waals surface area contributed by atoms with Crippen LogP contribution in [0.5, 0.6) is 0 Å². The van der Waals surface area contributed by atoms with Gasteiger partial charge < -0.3 is 15.0 Å². The summed E-state index contributed by atoms with van der Waals surface area (Å²) < 4.78 is 5.32. The second kappa shape index (κ2) is 3.52. The summed E-state index contributed by atoms with van der Waals surface area (Å²) in [6, 6.07) is 2.15. The van der Waals surface area contributed by atoms with Gasteiger partial charge in [-0.2, -0.15) is 0 Å². The molecule has 1 aromatic rings. The first-order valence-electron chi connectivity index (χ1n) is 4.73. The molecule has 1 fully saturated rings. The van der Waals surface area contributed by atoms with Crippen LogP contribution in [0.1, 0.15) is 12.0 Å². The van der Waals surface area contributed by atoms with Gasteiger partial charge in [0.25, 0.3) is 0 Å². The molecule has 0 radical (unpaired) electrons. The average molecular weight is 180 g/mol. The van der Waals surface area contributed by atoms with Gasteiger partial charge in [0.05, 0.1) is 13.2 Å². The van der Waals surface area contributed by atoms with E-state index in [-0.39, 0.29) is 5.41 Å². The molecule has 0 spiro atoms. The van der Waals surface area contributed by atoms with Crippen molar-refractivity contribution in [2.45, 2.75) is 11.8 Å². The van der Waals surface area contributed by atoms with Crippen molar-refractivity contribution in [1.29, 1.82) is 0 Å². The van der Waals surface area contributed by atoms with Crippen LogP contribution in [-0.2, 0) is 10.2 Å². The molecule has 2 N–H and O–H groups in total. The Labute approximate surface area is 78.5 Å². The number of ether oxygens (including phenoxy) is 1. The zero-order chi connectivity index (χ0) is 9.15. The molecule has 0 bridgehead atoms. The van der Waals surface area contributed by atoms with Gasteiger partial charge in [0.2, 0.25) is 0 Å². The van der Waals surface area contributed by atoms with Crippen molar-refractivity contribution in [3.05, 3.63) is 24.0 Å². The van der Waals surface area contributed by atoms with Crippen LogP contribution in [-0.4, -0.2) is 31.8 Å². The summed E-state index contributed by atoms with van der Waals surface area (Å²) in [6.45, 7) is 2.79. The predicted octanol–water partition coefficient (Wildman–Crippen LogP) is 0.892. The van der Waals surface area contributed by atoms with Crippen LogP contribution in [0, 0.1) is 0 Å². The molecule has 3 nitrogen and oxygen atoms in total. The Balaban J connectivity index is 2.07. The molecular weight excluding hydrogens is 164 g/mol. The van der Waals surface area contributed by atoms with E-state index in [1.54, 1.807) is 0 Å². The quantitative estimate of drug-likeness (QED) is 0.722. The summed E-state index contributed by atoms with van der Waals surface area (Å²) in [5, 5.41) is 3.19. The lowest BCUT2D eigenvalue weighted by atomic mass is 9.77. The third-order valence-electron chi connectivity index (χ3n) is 2.82. The van der Waals surface area contributed by atoms with Crippen LogP contribution in [0.2, 0.25) is 0 Å². The van der Waals surface area contributed by atoms with Crippen molar-refractivity contribution in [2.24, 2.45) is 0 Å². The molecule has 13 heavy (non-hydrogen) atoms. The maximum absolute atomic E-state index is 5.32. The largest absolute Gasteiger partial charge is 0.379 e. The molecule has 0 aromatic carbocycles. The molecule has 0 aliphatic carbocycles. The first-order chi connectivity index (χ1) is 6.37. The SMILES string of the molecule is CNCCC1(c2cc[nH]c2)COC1.